The summed E-state index contributed by atoms with van der Waals surface area (Å²) < 4.78 is 27.4. The third-order valence-corrected chi connectivity index (χ3v) is 3.29. The van der Waals surface area contributed by atoms with E-state index in [2.05, 4.69) is 0 Å². The van der Waals surface area contributed by atoms with E-state index in [0.29, 0.717) is 6.42 Å². The number of aliphatic hydroxyl groups is 1. The molecule has 19 heavy (non-hydrogen) atoms. The van der Waals surface area contributed by atoms with Crippen LogP contribution >= 0.6 is 0 Å². The average Bonchev–Trinajstić information content (AvgIpc) is 2.27. The quantitative estimate of drug-likeness (QED) is 0.836. The Labute approximate surface area is 110 Å². The highest BCUT2D eigenvalue weighted by Gasteiger charge is 2.42. The van der Waals surface area contributed by atoms with Gasteiger partial charge in [-0.1, -0.05) is 25.8 Å². The van der Waals surface area contributed by atoms with E-state index in [1.165, 1.54) is 6.07 Å². The molecule has 106 valence electrons. The van der Waals surface area contributed by atoms with Crippen molar-refractivity contribution in [3.05, 3.63) is 35.4 Å². The molecule has 3 nitrogen and oxygen atoms in total. The lowest BCUT2D eigenvalue weighted by Crippen LogP contribution is -2.38. The van der Waals surface area contributed by atoms with Crippen molar-refractivity contribution in [2.24, 2.45) is 5.92 Å². The first-order valence-corrected chi connectivity index (χ1v) is 6.22. The highest BCUT2D eigenvalue weighted by atomic mass is 19.1. The highest BCUT2D eigenvalue weighted by molar-refractivity contribution is 5.72. The summed E-state index contributed by atoms with van der Waals surface area (Å²) in [5.41, 5.74) is -2.67. The van der Waals surface area contributed by atoms with Crippen LogP contribution in [0.1, 0.15) is 38.7 Å². The Morgan fingerprint density at radius 2 is 1.89 bits per heavy atom. The maximum Gasteiger partial charge on any atom is 0.309 e. The molecule has 0 spiro atoms. The van der Waals surface area contributed by atoms with E-state index in [4.69, 9.17) is 0 Å². The van der Waals surface area contributed by atoms with E-state index in [-0.39, 0.29) is 6.42 Å². The lowest BCUT2D eigenvalue weighted by atomic mass is 9.79. The lowest BCUT2D eigenvalue weighted by Gasteiger charge is -2.31. The molecule has 0 fully saturated rings. The molecule has 0 radical (unpaired) electrons. The van der Waals surface area contributed by atoms with E-state index in [9.17, 15) is 23.8 Å². The number of unbranched alkanes of at least 4 members (excludes halogenated alkanes) is 1. The van der Waals surface area contributed by atoms with Crippen molar-refractivity contribution in [2.75, 3.05) is 0 Å². The molecule has 0 aromatic heterocycles. The van der Waals surface area contributed by atoms with Crippen LogP contribution in [0.2, 0.25) is 0 Å². The molecule has 1 aromatic carbocycles. The van der Waals surface area contributed by atoms with Crippen molar-refractivity contribution >= 4 is 5.97 Å². The second-order valence-corrected chi connectivity index (χ2v) is 4.78. The van der Waals surface area contributed by atoms with Gasteiger partial charge in [0.15, 0.2) is 0 Å². The zero-order chi connectivity index (χ0) is 14.6. The summed E-state index contributed by atoms with van der Waals surface area (Å²) in [7, 11) is 0. The van der Waals surface area contributed by atoms with Crippen LogP contribution in [0, 0.1) is 17.6 Å². The fourth-order valence-electron chi connectivity index (χ4n) is 2.21. The Hall–Kier alpha value is -1.49. The predicted molar refractivity (Wildman–Crippen MR) is 66.6 cm³/mol. The lowest BCUT2D eigenvalue weighted by molar-refractivity contribution is -0.152. The summed E-state index contributed by atoms with van der Waals surface area (Å²) >= 11 is 0. The van der Waals surface area contributed by atoms with Crippen LogP contribution in [0.15, 0.2) is 18.2 Å². The molecule has 2 N–H and O–H groups in total. The summed E-state index contributed by atoms with van der Waals surface area (Å²) in [4.78, 5) is 11.2. The number of rotatable bonds is 6. The first-order valence-electron chi connectivity index (χ1n) is 6.22. The molecular weight excluding hydrogens is 254 g/mol. The van der Waals surface area contributed by atoms with Crippen molar-refractivity contribution < 1.29 is 23.8 Å². The third kappa shape index (κ3) is 3.29. The van der Waals surface area contributed by atoms with Gasteiger partial charge in [-0.25, -0.2) is 8.78 Å². The standard InChI is InChI=1S/C14H18F2O3/c1-3-4-6-9(13(17)18)14(2,19)12-10(15)7-5-8-11(12)16/h5,7-9,19H,3-4,6H2,1-2H3,(H,17,18). The fraction of sp³-hybridized carbons (Fsp3) is 0.500. The number of hydrogen-bond donors (Lipinski definition) is 2. The van der Waals surface area contributed by atoms with E-state index in [1.54, 1.807) is 0 Å². The second kappa shape index (κ2) is 6.10. The van der Waals surface area contributed by atoms with Crippen molar-refractivity contribution in [2.45, 2.75) is 38.7 Å². The summed E-state index contributed by atoms with van der Waals surface area (Å²) in [6.07, 6.45) is 1.45. The molecule has 0 aliphatic carbocycles. The number of carboxylic acids is 1. The largest absolute Gasteiger partial charge is 0.481 e. The normalized spacial score (nSPS) is 15.8. The molecule has 1 aromatic rings. The monoisotopic (exact) mass is 272 g/mol. The van der Waals surface area contributed by atoms with Gasteiger partial charge < -0.3 is 10.2 Å². The molecular formula is C14H18F2O3. The van der Waals surface area contributed by atoms with Crippen LogP contribution < -0.4 is 0 Å². The van der Waals surface area contributed by atoms with Crippen LogP contribution in [0.25, 0.3) is 0 Å². The Balaban J connectivity index is 3.22. The van der Waals surface area contributed by atoms with Gasteiger partial charge in [0.25, 0.3) is 0 Å². The van der Waals surface area contributed by atoms with Gasteiger partial charge in [-0.3, -0.25) is 4.79 Å². The number of carboxylic acid groups (broad SMARTS) is 1. The molecule has 0 aliphatic rings. The van der Waals surface area contributed by atoms with Gasteiger partial charge in [-0.05, 0) is 25.5 Å². The van der Waals surface area contributed by atoms with Crippen molar-refractivity contribution in [3.8, 4) is 0 Å². The topological polar surface area (TPSA) is 57.5 Å². The van der Waals surface area contributed by atoms with Crippen LogP contribution in [-0.4, -0.2) is 16.2 Å². The summed E-state index contributed by atoms with van der Waals surface area (Å²) in [6, 6.07) is 3.18. The molecule has 2 unspecified atom stereocenters. The van der Waals surface area contributed by atoms with Gasteiger partial charge in [0.2, 0.25) is 0 Å². The van der Waals surface area contributed by atoms with Gasteiger partial charge in [0.05, 0.1) is 11.5 Å². The molecule has 0 saturated heterocycles. The number of aliphatic carboxylic acids is 1. The minimum Gasteiger partial charge on any atom is -0.481 e. The number of benzene rings is 1. The van der Waals surface area contributed by atoms with E-state index in [1.807, 2.05) is 6.92 Å². The van der Waals surface area contributed by atoms with Gasteiger partial charge in [0, 0.05) is 0 Å². The van der Waals surface area contributed by atoms with E-state index in [0.717, 1.165) is 25.5 Å². The van der Waals surface area contributed by atoms with Crippen LogP contribution in [0.4, 0.5) is 8.78 Å². The minimum atomic E-state index is -2.09. The molecule has 0 amide bonds. The molecule has 5 heteroatoms. The summed E-state index contributed by atoms with van der Waals surface area (Å²) in [5, 5.41) is 19.5. The summed E-state index contributed by atoms with van der Waals surface area (Å²) in [6.45, 7) is 3.01. The molecule has 0 bridgehead atoms. The fourth-order valence-corrected chi connectivity index (χ4v) is 2.21. The smallest absolute Gasteiger partial charge is 0.309 e. The van der Waals surface area contributed by atoms with Gasteiger partial charge in [-0.15, -0.1) is 0 Å². The zero-order valence-electron chi connectivity index (χ0n) is 11.0. The molecule has 0 heterocycles. The van der Waals surface area contributed by atoms with Crippen LogP contribution in [0.5, 0.6) is 0 Å². The number of carbonyl (C=O) groups is 1. The maximum atomic E-state index is 13.7. The van der Waals surface area contributed by atoms with Gasteiger partial charge in [0.1, 0.15) is 17.2 Å². The Kier molecular flexibility index (Phi) is 5.00. The van der Waals surface area contributed by atoms with Crippen molar-refractivity contribution in [1.82, 2.24) is 0 Å². The van der Waals surface area contributed by atoms with Crippen molar-refractivity contribution in [1.29, 1.82) is 0 Å². The number of halogens is 2. The van der Waals surface area contributed by atoms with Gasteiger partial charge >= 0.3 is 5.97 Å². The minimum absolute atomic E-state index is 0.159. The predicted octanol–water partition coefficient (Wildman–Crippen LogP) is 3.06. The van der Waals surface area contributed by atoms with Crippen molar-refractivity contribution in [3.63, 3.8) is 0 Å². The van der Waals surface area contributed by atoms with Crippen LogP contribution in [-0.2, 0) is 10.4 Å². The number of hydrogen-bond acceptors (Lipinski definition) is 2. The van der Waals surface area contributed by atoms with Gasteiger partial charge in [-0.2, -0.15) is 0 Å². The Bertz CT molecular complexity index is 438. The molecule has 1 rings (SSSR count). The molecule has 0 aliphatic heterocycles. The Morgan fingerprint density at radius 3 is 2.32 bits per heavy atom. The maximum absolute atomic E-state index is 13.7. The average molecular weight is 272 g/mol. The van der Waals surface area contributed by atoms with E-state index >= 15 is 0 Å². The first kappa shape index (κ1) is 15.6. The SMILES string of the molecule is CCCCC(C(=O)O)C(C)(O)c1c(F)cccc1F. The van der Waals surface area contributed by atoms with Crippen LogP contribution in [0.3, 0.4) is 0 Å². The highest BCUT2D eigenvalue weighted by Crippen LogP contribution is 2.36. The molecule has 2 atom stereocenters. The third-order valence-electron chi connectivity index (χ3n) is 3.29. The second-order valence-electron chi connectivity index (χ2n) is 4.78. The molecule has 0 saturated carbocycles. The summed E-state index contributed by atoms with van der Waals surface area (Å²) in [5.74, 6) is -4.39. The zero-order valence-corrected chi connectivity index (χ0v) is 11.0. The van der Waals surface area contributed by atoms with E-state index < -0.39 is 34.7 Å². The first-order chi connectivity index (χ1) is 8.82. The Morgan fingerprint density at radius 1 is 1.37 bits per heavy atom.